The second-order valence-corrected chi connectivity index (χ2v) is 6.93. The zero-order valence-electron chi connectivity index (χ0n) is 16.9. The number of carbonyl (C=O) groups excluding carboxylic acids is 2. The van der Waals surface area contributed by atoms with Gasteiger partial charge in [0.2, 0.25) is 0 Å². The molecule has 26 heavy (non-hydrogen) atoms. The van der Waals surface area contributed by atoms with Crippen molar-refractivity contribution in [3.05, 3.63) is 29.3 Å². The van der Waals surface area contributed by atoms with Crippen molar-refractivity contribution in [3.8, 4) is 5.75 Å². The molecule has 1 aromatic rings. The standard InChI is InChI=1S/C20H32N2O4/c1-15-9-7-10-16(2)19(15)26-14-18(23)22(12-8-11-21(4)5)13-17(3)20(24)25-6/h7,9-10,17H,8,11-14H2,1-6H3. The van der Waals surface area contributed by atoms with Crippen LogP contribution in [0.3, 0.4) is 0 Å². The fraction of sp³-hybridized carbons (Fsp3) is 0.600. The third-order valence-electron chi connectivity index (χ3n) is 4.23. The first kappa shape index (κ1) is 22.0. The van der Waals surface area contributed by atoms with Gasteiger partial charge in [-0.1, -0.05) is 25.1 Å². The van der Waals surface area contributed by atoms with Crippen LogP contribution in [0.1, 0.15) is 24.5 Å². The highest BCUT2D eigenvalue weighted by Crippen LogP contribution is 2.22. The summed E-state index contributed by atoms with van der Waals surface area (Å²) >= 11 is 0. The van der Waals surface area contributed by atoms with E-state index in [-0.39, 0.29) is 24.4 Å². The molecule has 146 valence electrons. The van der Waals surface area contributed by atoms with Gasteiger partial charge in [-0.2, -0.15) is 0 Å². The Kier molecular flexibility index (Phi) is 9.13. The van der Waals surface area contributed by atoms with Gasteiger partial charge in [-0.05, 0) is 52.0 Å². The van der Waals surface area contributed by atoms with Crippen LogP contribution in [0.25, 0.3) is 0 Å². The van der Waals surface area contributed by atoms with Gasteiger partial charge in [0.1, 0.15) is 5.75 Å². The number of amides is 1. The van der Waals surface area contributed by atoms with Crippen molar-refractivity contribution in [1.29, 1.82) is 0 Å². The van der Waals surface area contributed by atoms with E-state index in [1.165, 1.54) is 7.11 Å². The summed E-state index contributed by atoms with van der Waals surface area (Å²) < 4.78 is 10.6. The monoisotopic (exact) mass is 364 g/mol. The molecule has 0 bridgehead atoms. The summed E-state index contributed by atoms with van der Waals surface area (Å²) in [5.74, 6) is -0.0631. The van der Waals surface area contributed by atoms with Gasteiger partial charge >= 0.3 is 5.97 Å². The van der Waals surface area contributed by atoms with E-state index in [9.17, 15) is 9.59 Å². The van der Waals surface area contributed by atoms with Crippen molar-refractivity contribution < 1.29 is 19.1 Å². The zero-order chi connectivity index (χ0) is 19.7. The van der Waals surface area contributed by atoms with Crippen LogP contribution >= 0.6 is 0 Å². The van der Waals surface area contributed by atoms with Gasteiger partial charge in [0, 0.05) is 13.1 Å². The summed E-state index contributed by atoms with van der Waals surface area (Å²) in [5.41, 5.74) is 2.00. The van der Waals surface area contributed by atoms with Crippen LogP contribution in [0, 0.1) is 19.8 Å². The van der Waals surface area contributed by atoms with E-state index < -0.39 is 0 Å². The number of hydrogen-bond acceptors (Lipinski definition) is 5. The molecule has 1 unspecified atom stereocenters. The summed E-state index contributed by atoms with van der Waals surface area (Å²) in [6.45, 7) is 7.42. The summed E-state index contributed by atoms with van der Waals surface area (Å²) in [5, 5.41) is 0. The minimum Gasteiger partial charge on any atom is -0.483 e. The third kappa shape index (κ3) is 7.04. The first-order chi connectivity index (χ1) is 12.3. The number of carbonyl (C=O) groups is 2. The Balaban J connectivity index is 2.73. The Bertz CT molecular complexity index is 581. The maximum Gasteiger partial charge on any atom is 0.310 e. The van der Waals surface area contributed by atoms with Gasteiger partial charge in [0.05, 0.1) is 13.0 Å². The predicted octanol–water partition coefficient (Wildman–Crippen LogP) is 2.27. The predicted molar refractivity (Wildman–Crippen MR) is 102 cm³/mol. The van der Waals surface area contributed by atoms with Crippen LogP contribution in [-0.4, -0.2) is 69.1 Å². The number of esters is 1. The summed E-state index contributed by atoms with van der Waals surface area (Å²) in [4.78, 5) is 28.2. The molecule has 6 nitrogen and oxygen atoms in total. The number of para-hydroxylation sites is 1. The first-order valence-electron chi connectivity index (χ1n) is 8.95. The average molecular weight is 364 g/mol. The maximum absolute atomic E-state index is 12.7. The van der Waals surface area contributed by atoms with Crippen molar-refractivity contribution in [1.82, 2.24) is 9.80 Å². The maximum atomic E-state index is 12.7. The molecule has 1 aromatic carbocycles. The van der Waals surface area contributed by atoms with Crippen molar-refractivity contribution in [2.24, 2.45) is 5.92 Å². The number of benzene rings is 1. The lowest BCUT2D eigenvalue weighted by Gasteiger charge is -2.26. The molecule has 0 saturated heterocycles. The van der Waals surface area contributed by atoms with Gasteiger partial charge in [-0.25, -0.2) is 0 Å². The summed E-state index contributed by atoms with van der Waals surface area (Å²) in [6.07, 6.45) is 0.829. The molecule has 0 N–H and O–H groups in total. The zero-order valence-corrected chi connectivity index (χ0v) is 16.9. The molecular formula is C20H32N2O4. The molecule has 0 aliphatic heterocycles. The number of methoxy groups -OCH3 is 1. The molecule has 0 fully saturated rings. The minimum absolute atomic E-state index is 0.0401. The topological polar surface area (TPSA) is 59.1 Å². The molecular weight excluding hydrogens is 332 g/mol. The van der Waals surface area contributed by atoms with Crippen LogP contribution in [-0.2, 0) is 14.3 Å². The lowest BCUT2D eigenvalue weighted by molar-refractivity contribution is -0.146. The fourth-order valence-corrected chi connectivity index (χ4v) is 2.75. The Hall–Kier alpha value is -2.08. The molecule has 0 heterocycles. The van der Waals surface area contributed by atoms with Crippen LogP contribution < -0.4 is 4.74 Å². The molecule has 0 aliphatic carbocycles. The smallest absolute Gasteiger partial charge is 0.310 e. The van der Waals surface area contributed by atoms with Gasteiger partial charge in [-0.15, -0.1) is 0 Å². The van der Waals surface area contributed by atoms with Crippen molar-refractivity contribution in [2.45, 2.75) is 27.2 Å². The Morgan fingerprint density at radius 1 is 1.12 bits per heavy atom. The Morgan fingerprint density at radius 2 is 1.73 bits per heavy atom. The van der Waals surface area contributed by atoms with Crippen LogP contribution in [0.2, 0.25) is 0 Å². The Morgan fingerprint density at radius 3 is 2.27 bits per heavy atom. The molecule has 0 spiro atoms. The Labute approximate surface area is 157 Å². The summed E-state index contributed by atoms with van der Waals surface area (Å²) in [6, 6.07) is 5.88. The SMILES string of the molecule is COC(=O)C(C)CN(CCCN(C)C)C(=O)COc1c(C)cccc1C. The second-order valence-electron chi connectivity index (χ2n) is 6.93. The minimum atomic E-state index is -0.372. The number of nitrogens with zero attached hydrogens (tertiary/aromatic N) is 2. The van der Waals surface area contributed by atoms with E-state index in [0.717, 1.165) is 29.8 Å². The van der Waals surface area contributed by atoms with E-state index in [2.05, 4.69) is 4.90 Å². The highest BCUT2D eigenvalue weighted by atomic mass is 16.5. The summed E-state index contributed by atoms with van der Waals surface area (Å²) in [7, 11) is 5.35. The molecule has 6 heteroatoms. The van der Waals surface area contributed by atoms with Gasteiger partial charge in [-0.3, -0.25) is 9.59 Å². The van der Waals surface area contributed by atoms with Gasteiger partial charge < -0.3 is 19.3 Å². The van der Waals surface area contributed by atoms with Crippen LogP contribution in [0.4, 0.5) is 0 Å². The highest BCUT2D eigenvalue weighted by molar-refractivity contribution is 5.79. The van der Waals surface area contributed by atoms with E-state index in [4.69, 9.17) is 9.47 Å². The van der Waals surface area contributed by atoms with Gasteiger partial charge in [0.15, 0.2) is 6.61 Å². The van der Waals surface area contributed by atoms with E-state index in [1.807, 2.05) is 46.1 Å². The van der Waals surface area contributed by atoms with Crippen molar-refractivity contribution in [3.63, 3.8) is 0 Å². The molecule has 0 radical (unpaired) electrons. The average Bonchev–Trinajstić information content (AvgIpc) is 2.59. The van der Waals surface area contributed by atoms with Crippen LogP contribution in [0.15, 0.2) is 18.2 Å². The third-order valence-corrected chi connectivity index (χ3v) is 4.23. The highest BCUT2D eigenvalue weighted by Gasteiger charge is 2.22. The fourth-order valence-electron chi connectivity index (χ4n) is 2.75. The molecule has 0 aromatic heterocycles. The lowest BCUT2D eigenvalue weighted by atomic mass is 10.1. The van der Waals surface area contributed by atoms with E-state index in [1.54, 1.807) is 11.8 Å². The van der Waals surface area contributed by atoms with Crippen LogP contribution in [0.5, 0.6) is 5.75 Å². The quantitative estimate of drug-likeness (QED) is 0.596. The molecule has 1 atom stereocenters. The number of ether oxygens (including phenoxy) is 2. The number of aryl methyl sites for hydroxylation is 2. The van der Waals surface area contributed by atoms with Crippen molar-refractivity contribution >= 4 is 11.9 Å². The molecule has 1 rings (SSSR count). The van der Waals surface area contributed by atoms with Crippen molar-refractivity contribution in [2.75, 3.05) is 47.4 Å². The number of hydrogen-bond donors (Lipinski definition) is 0. The molecule has 1 amide bonds. The van der Waals surface area contributed by atoms with E-state index >= 15 is 0 Å². The van der Waals surface area contributed by atoms with E-state index in [0.29, 0.717) is 13.1 Å². The lowest BCUT2D eigenvalue weighted by Crippen LogP contribution is -2.41. The largest absolute Gasteiger partial charge is 0.483 e. The molecule has 0 aliphatic rings. The van der Waals surface area contributed by atoms with Gasteiger partial charge in [0.25, 0.3) is 5.91 Å². The molecule has 0 saturated carbocycles. The number of rotatable bonds is 10. The normalized spacial score (nSPS) is 12.0. The first-order valence-corrected chi connectivity index (χ1v) is 8.95. The second kappa shape index (κ2) is 10.8.